The summed E-state index contributed by atoms with van der Waals surface area (Å²) in [5.74, 6) is -0.822. The first-order chi connectivity index (χ1) is 40.0. The Hall–Kier alpha value is -4.11. The van der Waals surface area contributed by atoms with Crippen LogP contribution in [0.4, 0.5) is 0 Å². The van der Waals surface area contributed by atoms with E-state index in [4.69, 9.17) is 18.5 Å². The molecule has 0 aromatic carbocycles. The summed E-state index contributed by atoms with van der Waals surface area (Å²) in [7, 11) is 1.45. The lowest BCUT2D eigenvalue weighted by atomic mass is 10.0. The van der Waals surface area contributed by atoms with Gasteiger partial charge in [-0.05, 0) is 122 Å². The van der Waals surface area contributed by atoms with E-state index in [0.717, 1.165) is 128 Å². The van der Waals surface area contributed by atoms with E-state index in [1.165, 1.54) is 83.5 Å². The number of phosphoric acid groups is 1. The van der Waals surface area contributed by atoms with E-state index >= 15 is 0 Å². The Bertz CT molecular complexity index is 1890. The normalized spacial score (nSPS) is 14.2. The van der Waals surface area contributed by atoms with Crippen molar-refractivity contribution in [3.05, 3.63) is 146 Å². The summed E-state index contributed by atoms with van der Waals surface area (Å²) in [5, 5.41) is 0. The van der Waals surface area contributed by atoms with Crippen molar-refractivity contribution in [2.24, 2.45) is 0 Å². The van der Waals surface area contributed by atoms with Crippen LogP contribution < -0.4 is 0 Å². The molecule has 0 heterocycles. The van der Waals surface area contributed by atoms with Gasteiger partial charge in [-0.15, -0.1) is 0 Å². The average molecular weight is 1160 g/mol. The van der Waals surface area contributed by atoms with Gasteiger partial charge in [-0.2, -0.15) is 0 Å². The van der Waals surface area contributed by atoms with Gasteiger partial charge < -0.3 is 18.9 Å². The second kappa shape index (κ2) is 61.5. The molecule has 10 heteroatoms. The van der Waals surface area contributed by atoms with Crippen LogP contribution in [0.25, 0.3) is 0 Å². The Morgan fingerprint density at radius 3 is 1.04 bits per heavy atom. The average Bonchev–Trinajstić information content (AvgIpc) is 3.46. The number of quaternary nitrogens is 1. The third-order valence-electron chi connectivity index (χ3n) is 13.4. The van der Waals surface area contributed by atoms with Crippen LogP contribution in [0.15, 0.2) is 146 Å². The molecule has 0 aromatic heterocycles. The molecule has 0 amide bonds. The number of rotatable bonds is 58. The van der Waals surface area contributed by atoms with Gasteiger partial charge in [0, 0.05) is 12.8 Å². The fraction of sp³-hybridized carbons (Fsp3) is 0.639. The van der Waals surface area contributed by atoms with Crippen LogP contribution in [-0.4, -0.2) is 74.9 Å². The molecule has 0 saturated heterocycles. The molecule has 0 fully saturated rings. The fourth-order valence-corrected chi connectivity index (χ4v) is 9.11. The molecule has 0 aliphatic heterocycles. The smallest absolute Gasteiger partial charge is 0.462 e. The highest BCUT2D eigenvalue weighted by Crippen LogP contribution is 2.43. The number of ether oxygens (including phenoxy) is 2. The third-order valence-corrected chi connectivity index (χ3v) is 14.3. The lowest BCUT2D eigenvalue weighted by Crippen LogP contribution is -2.37. The van der Waals surface area contributed by atoms with Crippen molar-refractivity contribution in [2.45, 2.75) is 251 Å². The molecule has 0 rings (SSSR count). The molecule has 2 unspecified atom stereocenters. The standard InChI is InChI=1S/C72H120NO8P/c1-6-8-10-12-14-16-18-20-22-24-26-27-28-29-30-31-32-33-34-35-36-37-38-39-40-41-42-43-44-45-47-49-51-53-55-57-59-61-63-65-72(75)81-70(69-80-82(76,77)79-67-66-73(3,4)5)68-78-71(74)64-62-60-58-56-54-52-50-48-46-25-23-21-19-17-15-13-11-9-7-2/h8,10,14-17,20-23,26-27,29-30,32-33,35-36,38-39,41-42,46,48,70H,6-7,9,11-13,18-19,24-25,28,31,34,37,40,43-45,47,49-69H2,1-5H3/p+1/b10-8-,16-14-,17-15-,22-20-,23-21-,27-26-,30-29-,33-32-,36-35-,39-38-,42-41-,48-46-. The van der Waals surface area contributed by atoms with E-state index in [1.54, 1.807) is 0 Å². The predicted octanol–water partition coefficient (Wildman–Crippen LogP) is 21.0. The van der Waals surface area contributed by atoms with Gasteiger partial charge in [-0.1, -0.05) is 256 Å². The maximum absolute atomic E-state index is 12.9. The molecule has 0 bridgehead atoms. The number of unbranched alkanes of at least 4 members (excludes halogenated alkanes) is 20. The minimum Gasteiger partial charge on any atom is -0.462 e. The van der Waals surface area contributed by atoms with Crippen molar-refractivity contribution in [1.82, 2.24) is 0 Å². The van der Waals surface area contributed by atoms with Crippen LogP contribution in [0.1, 0.15) is 245 Å². The molecule has 2 atom stereocenters. The van der Waals surface area contributed by atoms with Crippen LogP contribution in [0.5, 0.6) is 0 Å². The van der Waals surface area contributed by atoms with Gasteiger partial charge in [0.1, 0.15) is 19.8 Å². The maximum atomic E-state index is 12.9. The van der Waals surface area contributed by atoms with Crippen molar-refractivity contribution in [3.8, 4) is 0 Å². The van der Waals surface area contributed by atoms with E-state index in [2.05, 4.69) is 160 Å². The summed E-state index contributed by atoms with van der Waals surface area (Å²) in [6, 6.07) is 0. The number of phosphoric ester groups is 1. The molecule has 0 saturated carbocycles. The van der Waals surface area contributed by atoms with Gasteiger partial charge in [-0.3, -0.25) is 18.6 Å². The number of nitrogens with zero attached hydrogens (tertiary/aromatic N) is 1. The van der Waals surface area contributed by atoms with Gasteiger partial charge >= 0.3 is 19.8 Å². The molecule has 82 heavy (non-hydrogen) atoms. The Balaban J connectivity index is 4.12. The van der Waals surface area contributed by atoms with E-state index < -0.39 is 26.5 Å². The predicted molar refractivity (Wildman–Crippen MR) is 353 cm³/mol. The van der Waals surface area contributed by atoms with E-state index in [0.29, 0.717) is 17.4 Å². The Morgan fingerprint density at radius 1 is 0.390 bits per heavy atom. The summed E-state index contributed by atoms with van der Waals surface area (Å²) >= 11 is 0. The number of carbonyl (C=O) groups is 2. The minimum absolute atomic E-state index is 0.0220. The molecule has 9 nitrogen and oxygen atoms in total. The van der Waals surface area contributed by atoms with Crippen molar-refractivity contribution >= 4 is 19.8 Å². The highest BCUT2D eigenvalue weighted by molar-refractivity contribution is 7.47. The lowest BCUT2D eigenvalue weighted by molar-refractivity contribution is -0.870. The zero-order valence-electron chi connectivity index (χ0n) is 52.9. The highest BCUT2D eigenvalue weighted by atomic mass is 31.2. The second-order valence-corrected chi connectivity index (χ2v) is 23.9. The molecule has 0 aliphatic carbocycles. The van der Waals surface area contributed by atoms with Crippen LogP contribution in [0.3, 0.4) is 0 Å². The monoisotopic (exact) mass is 1160 g/mol. The highest BCUT2D eigenvalue weighted by Gasteiger charge is 2.27. The van der Waals surface area contributed by atoms with Crippen LogP contribution in [0, 0.1) is 0 Å². The van der Waals surface area contributed by atoms with Crippen LogP contribution in [0.2, 0.25) is 0 Å². The first-order valence-corrected chi connectivity index (χ1v) is 34.1. The second-order valence-electron chi connectivity index (χ2n) is 22.4. The van der Waals surface area contributed by atoms with Gasteiger partial charge in [-0.25, -0.2) is 4.57 Å². The Kier molecular flexibility index (Phi) is 58.4. The quantitative estimate of drug-likeness (QED) is 0.0211. The van der Waals surface area contributed by atoms with Gasteiger partial charge in [0.25, 0.3) is 0 Å². The zero-order chi connectivity index (χ0) is 59.8. The summed E-state index contributed by atoms with van der Waals surface area (Å²) in [4.78, 5) is 35.8. The maximum Gasteiger partial charge on any atom is 0.472 e. The molecule has 0 spiro atoms. The number of hydrogen-bond acceptors (Lipinski definition) is 7. The van der Waals surface area contributed by atoms with Gasteiger partial charge in [0.2, 0.25) is 0 Å². The van der Waals surface area contributed by atoms with Crippen molar-refractivity contribution in [1.29, 1.82) is 0 Å². The van der Waals surface area contributed by atoms with Crippen LogP contribution in [-0.2, 0) is 32.7 Å². The van der Waals surface area contributed by atoms with Crippen LogP contribution >= 0.6 is 7.82 Å². The SMILES string of the molecule is CC/C=C\C/C=C\C/C=C\C/C=C\C/C=C\C/C=C\C/C=C\C/C=C\C/C=C\CCCCCCCCCCCCCC(=O)OC(COC(=O)CCCCCCCC/C=C\C/C=C\C/C=C\CCCCC)COP(=O)(O)OCC[N+](C)(C)C. The molecule has 0 aliphatic rings. The topological polar surface area (TPSA) is 108 Å². The molecule has 0 radical (unpaired) electrons. The molecular weight excluding hydrogens is 1040 g/mol. The van der Waals surface area contributed by atoms with E-state index in [9.17, 15) is 19.0 Å². The first-order valence-electron chi connectivity index (χ1n) is 32.6. The summed E-state index contributed by atoms with van der Waals surface area (Å²) in [6.07, 6.45) is 90.7. The molecule has 1 N–H and O–H groups in total. The summed E-state index contributed by atoms with van der Waals surface area (Å²) in [5.41, 5.74) is 0. The largest absolute Gasteiger partial charge is 0.472 e. The van der Waals surface area contributed by atoms with Gasteiger partial charge in [0.15, 0.2) is 6.10 Å². The third kappa shape index (κ3) is 65.0. The summed E-state index contributed by atoms with van der Waals surface area (Å²) < 4.78 is 34.6. The Labute approximate surface area is 503 Å². The van der Waals surface area contributed by atoms with Gasteiger partial charge in [0.05, 0.1) is 27.7 Å². The summed E-state index contributed by atoms with van der Waals surface area (Å²) in [6.45, 7) is 4.26. The van der Waals surface area contributed by atoms with E-state index in [-0.39, 0.29) is 32.0 Å². The molecule has 466 valence electrons. The van der Waals surface area contributed by atoms with Crippen molar-refractivity contribution in [2.75, 3.05) is 47.5 Å². The van der Waals surface area contributed by atoms with Crippen molar-refractivity contribution < 1.29 is 42.1 Å². The fourth-order valence-electron chi connectivity index (χ4n) is 8.37. The number of esters is 2. The van der Waals surface area contributed by atoms with Crippen molar-refractivity contribution in [3.63, 3.8) is 0 Å². The lowest BCUT2D eigenvalue weighted by Gasteiger charge is -2.24. The number of carbonyl (C=O) groups excluding carboxylic acids is 2. The first kappa shape index (κ1) is 77.9. The molecular formula is C72H121NO8P+. The molecule has 0 aromatic rings. The number of likely N-dealkylation sites (N-methyl/N-ethyl adjacent to an activating group) is 1. The minimum atomic E-state index is -4.40. The zero-order valence-corrected chi connectivity index (χ0v) is 53.8. The number of hydrogen-bond donors (Lipinski definition) is 1. The van der Waals surface area contributed by atoms with E-state index in [1.807, 2.05) is 21.1 Å². The Morgan fingerprint density at radius 2 is 0.695 bits per heavy atom. The number of allylic oxidation sites excluding steroid dienone is 24.